The molecular weight excluding hydrogens is 316 g/mol. The maximum Gasteiger partial charge on any atom is 0.239 e. The van der Waals surface area contributed by atoms with Gasteiger partial charge in [0.1, 0.15) is 11.5 Å². The Kier molecular flexibility index (Phi) is 7.74. The average molecular weight is 340 g/mol. The molecule has 7 heteroatoms. The van der Waals surface area contributed by atoms with Gasteiger partial charge in [-0.15, -0.1) is 0 Å². The monoisotopic (exact) mass is 340 g/mol. The second kappa shape index (κ2) is 9.29. The van der Waals surface area contributed by atoms with Gasteiger partial charge in [-0.1, -0.05) is 32.0 Å². The molecule has 128 valence electrons. The Morgan fingerprint density at radius 3 is 2.09 bits per heavy atom. The summed E-state index contributed by atoms with van der Waals surface area (Å²) in [5, 5.41) is 2.51. The van der Waals surface area contributed by atoms with E-state index in [-0.39, 0.29) is 0 Å². The summed E-state index contributed by atoms with van der Waals surface area (Å²) < 4.78 is 24.1. The molecule has 1 aromatic carbocycles. The highest BCUT2D eigenvalue weighted by Gasteiger charge is 2.23. The molecule has 0 heterocycles. The van der Waals surface area contributed by atoms with E-state index in [1.165, 1.54) is 4.90 Å². The van der Waals surface area contributed by atoms with Crippen molar-refractivity contribution in [1.82, 2.24) is 4.90 Å². The molecule has 0 spiro atoms. The Morgan fingerprint density at radius 2 is 1.57 bits per heavy atom. The Balaban J connectivity index is 2.60. The van der Waals surface area contributed by atoms with Gasteiger partial charge in [-0.2, -0.15) is 0 Å². The van der Waals surface area contributed by atoms with Gasteiger partial charge >= 0.3 is 0 Å². The molecule has 1 rings (SSSR count). The van der Waals surface area contributed by atoms with Crippen molar-refractivity contribution in [3.8, 4) is 0 Å². The Bertz CT molecular complexity index is 608. The smallest absolute Gasteiger partial charge is 0.239 e. The lowest BCUT2D eigenvalue weighted by atomic mass is 10.3. The zero-order valence-corrected chi connectivity index (χ0v) is 14.4. The van der Waals surface area contributed by atoms with Gasteiger partial charge in [-0.25, -0.2) is 8.42 Å². The third-order valence-corrected chi connectivity index (χ3v) is 4.48. The van der Waals surface area contributed by atoms with Crippen LogP contribution in [0.3, 0.4) is 0 Å². The molecule has 0 saturated heterocycles. The zero-order chi connectivity index (χ0) is 17.3. The number of anilines is 1. The second-order valence-electron chi connectivity index (χ2n) is 5.33. The van der Waals surface area contributed by atoms with E-state index in [9.17, 15) is 18.0 Å². The van der Waals surface area contributed by atoms with E-state index in [4.69, 9.17) is 0 Å². The van der Waals surface area contributed by atoms with Crippen molar-refractivity contribution in [2.75, 3.05) is 29.9 Å². The minimum absolute atomic E-state index is 0.443. The lowest BCUT2D eigenvalue weighted by Gasteiger charge is -2.21. The molecule has 1 aromatic rings. The van der Waals surface area contributed by atoms with Crippen molar-refractivity contribution >= 4 is 27.3 Å². The van der Waals surface area contributed by atoms with Crippen LogP contribution < -0.4 is 5.32 Å². The minimum Gasteiger partial charge on any atom is -0.342 e. The largest absolute Gasteiger partial charge is 0.342 e. The summed E-state index contributed by atoms with van der Waals surface area (Å²) in [5.74, 6) is -2.41. The average Bonchev–Trinajstić information content (AvgIpc) is 2.46. The van der Waals surface area contributed by atoms with Gasteiger partial charge in [0.05, 0.1) is 0 Å². The molecular formula is C16H24N2O4S. The maximum absolute atomic E-state index is 12.1. The third-order valence-electron chi connectivity index (χ3n) is 3.09. The quantitative estimate of drug-likeness (QED) is 0.741. The van der Waals surface area contributed by atoms with Crippen molar-refractivity contribution in [2.45, 2.75) is 26.7 Å². The first-order valence-corrected chi connectivity index (χ1v) is 9.53. The number of benzene rings is 1. The van der Waals surface area contributed by atoms with Crippen LogP contribution in [0, 0.1) is 0 Å². The molecule has 0 aliphatic heterocycles. The molecule has 0 aromatic heterocycles. The van der Waals surface area contributed by atoms with Gasteiger partial charge in [0.25, 0.3) is 0 Å². The van der Waals surface area contributed by atoms with Crippen molar-refractivity contribution in [3.63, 3.8) is 0 Å². The van der Waals surface area contributed by atoms with E-state index in [0.717, 1.165) is 12.8 Å². The Hall–Kier alpha value is -1.89. The molecule has 0 fully saturated rings. The number of sulfone groups is 1. The molecule has 0 aliphatic carbocycles. The molecule has 0 radical (unpaired) electrons. The summed E-state index contributed by atoms with van der Waals surface area (Å²) in [7, 11) is -3.79. The van der Waals surface area contributed by atoms with E-state index >= 15 is 0 Å². The summed E-state index contributed by atoms with van der Waals surface area (Å²) in [6.07, 6.45) is 1.53. The number of rotatable bonds is 9. The van der Waals surface area contributed by atoms with Gasteiger partial charge in [-0.3, -0.25) is 9.59 Å². The Labute approximate surface area is 137 Å². The molecule has 0 aliphatic rings. The van der Waals surface area contributed by atoms with E-state index in [1.807, 2.05) is 13.8 Å². The van der Waals surface area contributed by atoms with Gasteiger partial charge in [0.2, 0.25) is 11.8 Å². The van der Waals surface area contributed by atoms with Crippen LogP contribution in [0.5, 0.6) is 0 Å². The van der Waals surface area contributed by atoms with Gasteiger partial charge in [-0.05, 0) is 25.0 Å². The van der Waals surface area contributed by atoms with Crippen LogP contribution >= 0.6 is 0 Å². The highest BCUT2D eigenvalue weighted by molar-refractivity contribution is 7.92. The summed E-state index contributed by atoms with van der Waals surface area (Å²) in [4.78, 5) is 25.4. The van der Waals surface area contributed by atoms with Crippen LogP contribution in [-0.2, 0) is 19.4 Å². The van der Waals surface area contributed by atoms with Crippen LogP contribution in [0.1, 0.15) is 26.7 Å². The fraction of sp³-hybridized carbons (Fsp3) is 0.500. The highest BCUT2D eigenvalue weighted by atomic mass is 32.2. The number of amides is 2. The number of carbonyl (C=O) groups is 2. The van der Waals surface area contributed by atoms with Crippen LogP contribution in [0.4, 0.5) is 5.69 Å². The van der Waals surface area contributed by atoms with Crippen molar-refractivity contribution in [2.24, 2.45) is 0 Å². The van der Waals surface area contributed by atoms with E-state index in [2.05, 4.69) is 5.32 Å². The van der Waals surface area contributed by atoms with Crippen molar-refractivity contribution in [1.29, 1.82) is 0 Å². The first kappa shape index (κ1) is 19.2. The zero-order valence-electron chi connectivity index (χ0n) is 13.6. The number of para-hydroxylation sites is 1. The third kappa shape index (κ3) is 7.27. The normalized spacial score (nSPS) is 11.0. The second-order valence-corrected chi connectivity index (χ2v) is 7.39. The minimum atomic E-state index is -3.79. The molecule has 6 nitrogen and oxygen atoms in total. The fourth-order valence-corrected chi connectivity index (χ4v) is 3.28. The van der Waals surface area contributed by atoms with E-state index in [0.29, 0.717) is 18.8 Å². The fourth-order valence-electron chi connectivity index (χ4n) is 2.15. The number of hydrogen-bond acceptors (Lipinski definition) is 4. The van der Waals surface area contributed by atoms with Crippen molar-refractivity contribution in [3.05, 3.63) is 30.3 Å². The predicted molar refractivity (Wildman–Crippen MR) is 90.9 cm³/mol. The molecule has 23 heavy (non-hydrogen) atoms. The molecule has 0 atom stereocenters. The lowest BCUT2D eigenvalue weighted by molar-refractivity contribution is -0.128. The molecule has 0 saturated carbocycles. The van der Waals surface area contributed by atoms with Crippen LogP contribution in [-0.4, -0.2) is 49.7 Å². The van der Waals surface area contributed by atoms with Crippen LogP contribution in [0.15, 0.2) is 30.3 Å². The summed E-state index contributed by atoms with van der Waals surface area (Å²) >= 11 is 0. The molecule has 1 N–H and O–H groups in total. The molecule has 0 unspecified atom stereocenters. The number of nitrogens with zero attached hydrogens (tertiary/aromatic N) is 1. The maximum atomic E-state index is 12.1. The Morgan fingerprint density at radius 1 is 1.00 bits per heavy atom. The first-order valence-electron chi connectivity index (χ1n) is 7.71. The topological polar surface area (TPSA) is 83.6 Å². The van der Waals surface area contributed by atoms with Crippen LogP contribution in [0.2, 0.25) is 0 Å². The summed E-state index contributed by atoms with van der Waals surface area (Å²) in [6, 6.07) is 8.60. The summed E-state index contributed by atoms with van der Waals surface area (Å²) in [5.41, 5.74) is 0.526. The molecule has 0 bridgehead atoms. The van der Waals surface area contributed by atoms with E-state index in [1.54, 1.807) is 30.3 Å². The predicted octanol–water partition coefficient (Wildman–Crippen LogP) is 1.69. The highest BCUT2D eigenvalue weighted by Crippen LogP contribution is 2.06. The van der Waals surface area contributed by atoms with Gasteiger partial charge < -0.3 is 10.2 Å². The van der Waals surface area contributed by atoms with Gasteiger partial charge in [0, 0.05) is 18.8 Å². The van der Waals surface area contributed by atoms with Gasteiger partial charge in [0.15, 0.2) is 9.84 Å². The van der Waals surface area contributed by atoms with E-state index < -0.39 is 33.2 Å². The number of hydrogen-bond donors (Lipinski definition) is 1. The van der Waals surface area contributed by atoms with Crippen molar-refractivity contribution < 1.29 is 18.0 Å². The standard InChI is InChI=1S/C16H24N2O4S/c1-3-10-18(11-4-2)16(20)13-23(21,22)12-15(19)17-14-8-6-5-7-9-14/h5-9H,3-4,10-13H2,1-2H3,(H,17,19). The summed E-state index contributed by atoms with van der Waals surface area (Å²) in [6.45, 7) is 4.91. The SMILES string of the molecule is CCCN(CCC)C(=O)CS(=O)(=O)CC(=O)Nc1ccccc1. The number of nitrogens with one attached hydrogen (secondary N) is 1. The first-order chi connectivity index (χ1) is 10.9. The lowest BCUT2D eigenvalue weighted by Crippen LogP contribution is -2.38. The molecule has 2 amide bonds. The van der Waals surface area contributed by atoms with Crippen LogP contribution in [0.25, 0.3) is 0 Å². The number of carbonyl (C=O) groups excluding carboxylic acids is 2.